The Hall–Kier alpha value is -1.22. The van der Waals surface area contributed by atoms with Crippen LogP contribution in [0.2, 0.25) is 0 Å². The summed E-state index contributed by atoms with van der Waals surface area (Å²) in [4.78, 5) is 8.34. The van der Waals surface area contributed by atoms with Crippen LogP contribution in [0, 0.1) is 0 Å². The highest BCUT2D eigenvalue weighted by Gasteiger charge is 2.27. The van der Waals surface area contributed by atoms with E-state index in [0.717, 1.165) is 0 Å². The minimum atomic E-state index is -4.29. The second-order valence-electron chi connectivity index (χ2n) is 3.47. The maximum absolute atomic E-state index is 11.8. The molecule has 0 unspecified atom stereocenters. The van der Waals surface area contributed by atoms with E-state index in [1.165, 1.54) is 11.8 Å². The third kappa shape index (κ3) is 6.48. The summed E-state index contributed by atoms with van der Waals surface area (Å²) in [6, 6.07) is 1.67. The summed E-state index contributed by atoms with van der Waals surface area (Å²) in [5.41, 5.74) is 0. The molecule has 1 rings (SSSR count). The zero-order valence-corrected chi connectivity index (χ0v) is 11.4. The van der Waals surface area contributed by atoms with E-state index in [9.17, 15) is 13.2 Å². The van der Waals surface area contributed by atoms with Gasteiger partial charge < -0.3 is 15.4 Å². The Balaban J connectivity index is 2.40. The molecule has 2 N–H and O–H groups in total. The van der Waals surface area contributed by atoms with Gasteiger partial charge >= 0.3 is 6.18 Å². The Morgan fingerprint density at radius 2 is 2.00 bits per heavy atom. The lowest BCUT2D eigenvalue weighted by molar-refractivity contribution is -0.172. The first kappa shape index (κ1) is 15.8. The number of hydrogen-bond acceptors (Lipinski definition) is 6. The molecule has 1 aromatic rings. The number of anilines is 2. The normalized spacial score (nSPS) is 11.4. The SMILES string of the molecule is CNc1cc(NCCOCC(F)(F)F)nc(SC)n1. The predicted molar refractivity (Wildman–Crippen MR) is 68.7 cm³/mol. The van der Waals surface area contributed by atoms with Gasteiger partial charge in [0.05, 0.1) is 6.61 Å². The standard InChI is InChI=1S/C10H15F3N4OS/c1-14-7-5-8(17-9(16-7)19-2)15-3-4-18-6-10(11,12)13/h5H,3-4,6H2,1-2H3,(H2,14,15,16,17). The second kappa shape index (κ2) is 7.39. The number of alkyl halides is 3. The number of halogens is 3. The van der Waals surface area contributed by atoms with Gasteiger partial charge in [-0.3, -0.25) is 0 Å². The highest BCUT2D eigenvalue weighted by molar-refractivity contribution is 7.98. The molecule has 0 fully saturated rings. The van der Waals surface area contributed by atoms with E-state index in [0.29, 0.717) is 16.8 Å². The van der Waals surface area contributed by atoms with Crippen molar-refractivity contribution in [2.75, 3.05) is 43.7 Å². The van der Waals surface area contributed by atoms with Gasteiger partial charge in [0.25, 0.3) is 0 Å². The van der Waals surface area contributed by atoms with Crippen molar-refractivity contribution in [1.29, 1.82) is 0 Å². The topological polar surface area (TPSA) is 59.1 Å². The average Bonchev–Trinajstić information content (AvgIpc) is 2.36. The molecule has 0 spiro atoms. The monoisotopic (exact) mass is 296 g/mol. The van der Waals surface area contributed by atoms with Crippen LogP contribution in [-0.4, -0.2) is 49.2 Å². The highest BCUT2D eigenvalue weighted by Crippen LogP contribution is 2.17. The summed E-state index contributed by atoms with van der Waals surface area (Å²) in [5.74, 6) is 1.18. The minimum absolute atomic E-state index is 0.0486. The number of hydrogen-bond donors (Lipinski definition) is 2. The van der Waals surface area contributed by atoms with Crippen molar-refractivity contribution >= 4 is 23.4 Å². The zero-order chi connectivity index (χ0) is 14.3. The van der Waals surface area contributed by atoms with Gasteiger partial charge in [0.1, 0.15) is 18.2 Å². The fourth-order valence-electron chi connectivity index (χ4n) is 1.17. The minimum Gasteiger partial charge on any atom is -0.373 e. The molecule has 0 radical (unpaired) electrons. The van der Waals surface area contributed by atoms with Crippen molar-refractivity contribution in [3.05, 3.63) is 6.07 Å². The molecule has 1 aromatic heterocycles. The van der Waals surface area contributed by atoms with Gasteiger partial charge in [-0.25, -0.2) is 9.97 Å². The first-order chi connectivity index (χ1) is 8.94. The molecular formula is C10H15F3N4OS. The van der Waals surface area contributed by atoms with E-state index < -0.39 is 12.8 Å². The van der Waals surface area contributed by atoms with Crippen LogP contribution in [0.4, 0.5) is 24.8 Å². The molecule has 0 saturated heterocycles. The second-order valence-corrected chi connectivity index (χ2v) is 4.24. The summed E-state index contributed by atoms with van der Waals surface area (Å²) in [5, 5.41) is 6.34. The molecule has 9 heteroatoms. The third-order valence-corrected chi connectivity index (χ3v) is 2.51. The van der Waals surface area contributed by atoms with Gasteiger partial charge in [-0.2, -0.15) is 13.2 Å². The molecule has 0 bridgehead atoms. The fourth-order valence-corrected chi connectivity index (χ4v) is 1.55. The molecule has 0 amide bonds. The van der Waals surface area contributed by atoms with E-state index in [1.54, 1.807) is 13.1 Å². The molecular weight excluding hydrogens is 281 g/mol. The molecule has 0 atom stereocenters. The van der Waals surface area contributed by atoms with Crippen molar-refractivity contribution in [1.82, 2.24) is 9.97 Å². The van der Waals surface area contributed by atoms with Crippen molar-refractivity contribution in [3.8, 4) is 0 Å². The molecule has 0 aliphatic carbocycles. The summed E-state index contributed by atoms with van der Waals surface area (Å²) in [6.07, 6.45) is -2.45. The molecule has 0 saturated carbocycles. The highest BCUT2D eigenvalue weighted by atomic mass is 32.2. The van der Waals surface area contributed by atoms with Crippen LogP contribution in [0.3, 0.4) is 0 Å². The van der Waals surface area contributed by atoms with Crippen LogP contribution in [-0.2, 0) is 4.74 Å². The summed E-state index contributed by atoms with van der Waals surface area (Å²) in [6.45, 7) is -1.05. The molecule has 0 aliphatic heterocycles. The van der Waals surface area contributed by atoms with Crippen LogP contribution in [0.25, 0.3) is 0 Å². The van der Waals surface area contributed by atoms with Crippen molar-refractivity contribution < 1.29 is 17.9 Å². The average molecular weight is 296 g/mol. The number of nitrogens with one attached hydrogen (secondary N) is 2. The van der Waals surface area contributed by atoms with Crippen LogP contribution < -0.4 is 10.6 Å². The van der Waals surface area contributed by atoms with Gasteiger partial charge in [-0.1, -0.05) is 11.8 Å². The van der Waals surface area contributed by atoms with Gasteiger partial charge in [-0.05, 0) is 6.26 Å². The van der Waals surface area contributed by atoms with Gasteiger partial charge in [0.2, 0.25) is 0 Å². The molecule has 0 aromatic carbocycles. The van der Waals surface area contributed by atoms with Crippen molar-refractivity contribution in [2.45, 2.75) is 11.3 Å². The third-order valence-electron chi connectivity index (χ3n) is 1.96. The number of thioether (sulfide) groups is 1. The predicted octanol–water partition coefficient (Wildman–Crippen LogP) is 2.23. The van der Waals surface area contributed by atoms with Crippen LogP contribution in [0.15, 0.2) is 11.2 Å². The van der Waals surface area contributed by atoms with E-state index in [2.05, 4.69) is 25.3 Å². The molecule has 108 valence electrons. The number of rotatable bonds is 7. The Morgan fingerprint density at radius 3 is 2.58 bits per heavy atom. The molecule has 19 heavy (non-hydrogen) atoms. The Morgan fingerprint density at radius 1 is 1.32 bits per heavy atom. The smallest absolute Gasteiger partial charge is 0.373 e. The maximum atomic E-state index is 11.8. The lowest BCUT2D eigenvalue weighted by Crippen LogP contribution is -2.20. The lowest BCUT2D eigenvalue weighted by Gasteiger charge is -2.10. The number of nitrogens with zero attached hydrogens (tertiary/aromatic N) is 2. The van der Waals surface area contributed by atoms with Crippen LogP contribution in [0.1, 0.15) is 0 Å². The van der Waals surface area contributed by atoms with E-state index >= 15 is 0 Å². The van der Waals surface area contributed by atoms with E-state index in [4.69, 9.17) is 0 Å². The first-order valence-electron chi connectivity index (χ1n) is 5.44. The van der Waals surface area contributed by atoms with E-state index in [-0.39, 0.29) is 13.2 Å². The van der Waals surface area contributed by atoms with Gasteiger partial charge in [-0.15, -0.1) is 0 Å². The largest absolute Gasteiger partial charge is 0.411 e. The first-order valence-corrected chi connectivity index (χ1v) is 6.66. The van der Waals surface area contributed by atoms with Crippen LogP contribution >= 0.6 is 11.8 Å². The van der Waals surface area contributed by atoms with Gasteiger partial charge in [0, 0.05) is 19.7 Å². The maximum Gasteiger partial charge on any atom is 0.411 e. The summed E-state index contributed by atoms with van der Waals surface area (Å²) in [7, 11) is 1.72. The Bertz CT molecular complexity index is 381. The lowest BCUT2D eigenvalue weighted by atomic mass is 10.5. The quantitative estimate of drug-likeness (QED) is 0.457. The molecule has 0 aliphatic rings. The molecule has 1 heterocycles. The van der Waals surface area contributed by atoms with Crippen molar-refractivity contribution in [2.24, 2.45) is 0 Å². The van der Waals surface area contributed by atoms with Gasteiger partial charge in [0.15, 0.2) is 5.16 Å². The fraction of sp³-hybridized carbons (Fsp3) is 0.600. The zero-order valence-electron chi connectivity index (χ0n) is 10.5. The van der Waals surface area contributed by atoms with Crippen molar-refractivity contribution in [3.63, 3.8) is 0 Å². The van der Waals surface area contributed by atoms with Crippen LogP contribution in [0.5, 0.6) is 0 Å². The Kier molecular flexibility index (Phi) is 6.16. The summed E-state index contributed by atoms with van der Waals surface area (Å²) < 4.78 is 40.0. The number of aromatic nitrogens is 2. The van der Waals surface area contributed by atoms with E-state index in [1.807, 2.05) is 6.26 Å². The number of ether oxygens (including phenoxy) is 1. The summed E-state index contributed by atoms with van der Waals surface area (Å²) >= 11 is 1.38. The molecule has 5 nitrogen and oxygen atoms in total. The Labute approximate surface area is 113 Å².